The Bertz CT molecular complexity index is 1510. The first kappa shape index (κ1) is 21.8. The molecule has 5 aromatic rings. The topological polar surface area (TPSA) is 79.4 Å². The Morgan fingerprint density at radius 2 is 1.71 bits per heavy atom. The summed E-state index contributed by atoms with van der Waals surface area (Å²) in [6.07, 6.45) is 0. The summed E-state index contributed by atoms with van der Waals surface area (Å²) in [4.78, 5) is 12.2. The van der Waals surface area contributed by atoms with E-state index in [1.807, 2.05) is 71.3 Å². The second-order valence-corrected chi connectivity index (χ2v) is 8.36. The average Bonchev–Trinajstić information content (AvgIpc) is 3.31. The number of fused-ring (bicyclic) bond motifs is 1. The first-order chi connectivity index (χ1) is 16.7. The lowest BCUT2D eigenvalue weighted by Gasteiger charge is -2.12. The van der Waals surface area contributed by atoms with Crippen LogP contribution in [0.5, 0.6) is 11.5 Å². The second kappa shape index (κ2) is 9.44. The molecular formula is C26H21N3O4S. The molecule has 0 aliphatic rings. The molecule has 0 N–H and O–H groups in total. The lowest BCUT2D eigenvalue weighted by molar-refractivity contribution is 0.414. The van der Waals surface area contributed by atoms with E-state index in [2.05, 4.69) is 10.2 Å². The maximum absolute atomic E-state index is 12.2. The maximum atomic E-state index is 12.2. The Morgan fingerprint density at radius 1 is 0.912 bits per heavy atom. The second-order valence-electron chi connectivity index (χ2n) is 7.42. The minimum Gasteiger partial charge on any atom is -0.497 e. The number of hydrogen-bond donors (Lipinski definition) is 0. The van der Waals surface area contributed by atoms with Crippen LogP contribution in [-0.4, -0.2) is 29.0 Å². The van der Waals surface area contributed by atoms with Gasteiger partial charge in [0.1, 0.15) is 17.1 Å². The van der Waals surface area contributed by atoms with Crippen molar-refractivity contribution < 1.29 is 13.9 Å². The van der Waals surface area contributed by atoms with E-state index in [4.69, 9.17) is 13.9 Å². The first-order valence-corrected chi connectivity index (χ1v) is 11.5. The number of rotatable bonds is 7. The summed E-state index contributed by atoms with van der Waals surface area (Å²) in [5, 5.41) is 10.5. The Morgan fingerprint density at radius 3 is 2.50 bits per heavy atom. The number of nitrogens with zero attached hydrogens (tertiary/aromatic N) is 3. The van der Waals surface area contributed by atoms with Gasteiger partial charge in [-0.25, -0.2) is 4.79 Å². The number of benzene rings is 3. The normalized spacial score (nSPS) is 11.0. The monoisotopic (exact) mass is 471 g/mol. The summed E-state index contributed by atoms with van der Waals surface area (Å²) < 4.78 is 18.2. The van der Waals surface area contributed by atoms with Gasteiger partial charge in [0.2, 0.25) is 0 Å². The Balaban J connectivity index is 1.57. The molecule has 0 fully saturated rings. The first-order valence-electron chi connectivity index (χ1n) is 10.6. The van der Waals surface area contributed by atoms with E-state index in [0.29, 0.717) is 33.8 Å². The SMILES string of the molecule is COc1ccc2c(CSc3nnc(-c4ccccc4OC)n3-c3ccccc3)cc(=O)oc2c1. The standard InChI is InChI=1S/C26H21N3O4S/c1-31-19-12-13-20-17(14-24(30)33-23(20)15-19)16-34-26-28-27-25(21-10-6-7-11-22(21)32-2)29(26)18-8-4-3-5-9-18/h3-15H,16H2,1-2H3. The molecule has 0 aliphatic carbocycles. The highest BCUT2D eigenvalue weighted by Gasteiger charge is 2.19. The van der Waals surface area contributed by atoms with Crippen molar-refractivity contribution >= 4 is 22.7 Å². The molecule has 0 unspecified atom stereocenters. The Hall–Kier alpha value is -4.04. The molecule has 0 aliphatic heterocycles. The van der Waals surface area contributed by atoms with E-state index in [0.717, 1.165) is 22.2 Å². The molecule has 34 heavy (non-hydrogen) atoms. The zero-order chi connectivity index (χ0) is 23.5. The van der Waals surface area contributed by atoms with Gasteiger partial charge in [0, 0.05) is 29.0 Å². The fraction of sp³-hybridized carbons (Fsp3) is 0.115. The summed E-state index contributed by atoms with van der Waals surface area (Å²) in [6, 6.07) is 24.6. The fourth-order valence-corrected chi connectivity index (χ4v) is 4.72. The van der Waals surface area contributed by atoms with Crippen LogP contribution in [0.3, 0.4) is 0 Å². The molecule has 0 bridgehead atoms. The van der Waals surface area contributed by atoms with Crippen molar-refractivity contribution in [2.75, 3.05) is 14.2 Å². The zero-order valence-electron chi connectivity index (χ0n) is 18.6. The van der Waals surface area contributed by atoms with Gasteiger partial charge in [-0.15, -0.1) is 10.2 Å². The Labute approximate surface area is 200 Å². The number of thioether (sulfide) groups is 1. The molecular weight excluding hydrogens is 450 g/mol. The summed E-state index contributed by atoms with van der Waals surface area (Å²) in [5.41, 5.74) is 2.70. The van der Waals surface area contributed by atoms with Crippen molar-refractivity contribution in [1.82, 2.24) is 14.8 Å². The van der Waals surface area contributed by atoms with Gasteiger partial charge in [-0.1, -0.05) is 42.1 Å². The predicted octanol–water partition coefficient (Wildman–Crippen LogP) is 5.35. The minimum absolute atomic E-state index is 0.407. The number of aromatic nitrogens is 3. The van der Waals surface area contributed by atoms with Gasteiger partial charge >= 0.3 is 5.63 Å². The highest BCUT2D eigenvalue weighted by molar-refractivity contribution is 7.98. The van der Waals surface area contributed by atoms with Crippen LogP contribution in [0.15, 0.2) is 93.2 Å². The van der Waals surface area contributed by atoms with E-state index >= 15 is 0 Å². The van der Waals surface area contributed by atoms with Gasteiger partial charge in [-0.2, -0.15) is 0 Å². The Kier molecular flexibility index (Phi) is 6.05. The summed E-state index contributed by atoms with van der Waals surface area (Å²) in [6.45, 7) is 0. The van der Waals surface area contributed by atoms with E-state index < -0.39 is 5.63 Å². The number of methoxy groups -OCH3 is 2. The lowest BCUT2D eigenvalue weighted by Crippen LogP contribution is -2.02. The minimum atomic E-state index is -0.407. The summed E-state index contributed by atoms with van der Waals surface area (Å²) >= 11 is 1.49. The van der Waals surface area contributed by atoms with Gasteiger partial charge in [0.25, 0.3) is 0 Å². The molecule has 7 nitrogen and oxygen atoms in total. The van der Waals surface area contributed by atoms with E-state index in [1.54, 1.807) is 20.3 Å². The van der Waals surface area contributed by atoms with E-state index in [9.17, 15) is 4.79 Å². The molecule has 0 radical (unpaired) electrons. The number of hydrogen-bond acceptors (Lipinski definition) is 7. The highest BCUT2D eigenvalue weighted by Crippen LogP contribution is 2.35. The lowest BCUT2D eigenvalue weighted by atomic mass is 10.1. The molecule has 170 valence electrons. The molecule has 0 saturated carbocycles. The molecule has 8 heteroatoms. The molecule has 2 aromatic heterocycles. The van der Waals surface area contributed by atoms with Crippen LogP contribution < -0.4 is 15.1 Å². The van der Waals surface area contributed by atoms with Gasteiger partial charge in [-0.05, 0) is 42.0 Å². The molecule has 5 rings (SSSR count). The third kappa shape index (κ3) is 4.15. The third-order valence-electron chi connectivity index (χ3n) is 5.39. The molecule has 2 heterocycles. The smallest absolute Gasteiger partial charge is 0.336 e. The van der Waals surface area contributed by atoms with Gasteiger partial charge < -0.3 is 13.9 Å². The zero-order valence-corrected chi connectivity index (χ0v) is 19.4. The van der Waals surface area contributed by atoms with Crippen LogP contribution in [0, 0.1) is 0 Å². The molecule has 0 atom stereocenters. The molecule has 0 saturated heterocycles. The van der Waals surface area contributed by atoms with E-state index in [1.165, 1.54) is 17.8 Å². The van der Waals surface area contributed by atoms with Crippen molar-refractivity contribution in [3.8, 4) is 28.6 Å². The highest BCUT2D eigenvalue weighted by atomic mass is 32.2. The largest absolute Gasteiger partial charge is 0.497 e. The van der Waals surface area contributed by atoms with Gasteiger partial charge in [0.05, 0.1) is 19.8 Å². The van der Waals surface area contributed by atoms with Crippen molar-refractivity contribution in [2.24, 2.45) is 0 Å². The van der Waals surface area contributed by atoms with Crippen molar-refractivity contribution in [1.29, 1.82) is 0 Å². The maximum Gasteiger partial charge on any atom is 0.336 e. The van der Waals surface area contributed by atoms with Gasteiger partial charge in [-0.3, -0.25) is 4.57 Å². The summed E-state index contributed by atoms with van der Waals surface area (Å²) in [7, 11) is 3.22. The van der Waals surface area contributed by atoms with Gasteiger partial charge in [0.15, 0.2) is 11.0 Å². The van der Waals surface area contributed by atoms with Crippen molar-refractivity contribution in [3.05, 3.63) is 94.8 Å². The van der Waals surface area contributed by atoms with Crippen LogP contribution in [0.1, 0.15) is 5.56 Å². The van der Waals surface area contributed by atoms with Crippen molar-refractivity contribution in [2.45, 2.75) is 10.9 Å². The number of ether oxygens (including phenoxy) is 2. The van der Waals surface area contributed by atoms with E-state index in [-0.39, 0.29) is 0 Å². The van der Waals surface area contributed by atoms with Crippen LogP contribution in [0.25, 0.3) is 28.0 Å². The quantitative estimate of drug-likeness (QED) is 0.234. The molecule has 3 aromatic carbocycles. The van der Waals surface area contributed by atoms with Crippen LogP contribution in [0.2, 0.25) is 0 Å². The third-order valence-corrected chi connectivity index (χ3v) is 6.37. The average molecular weight is 472 g/mol. The predicted molar refractivity (Wildman–Crippen MR) is 132 cm³/mol. The van der Waals surface area contributed by atoms with Crippen LogP contribution >= 0.6 is 11.8 Å². The van der Waals surface area contributed by atoms with Crippen LogP contribution in [-0.2, 0) is 5.75 Å². The van der Waals surface area contributed by atoms with Crippen molar-refractivity contribution in [3.63, 3.8) is 0 Å². The number of para-hydroxylation sites is 2. The summed E-state index contributed by atoms with van der Waals surface area (Å²) in [5.74, 6) is 2.52. The van der Waals surface area contributed by atoms with Crippen LogP contribution in [0.4, 0.5) is 0 Å². The molecule has 0 amide bonds. The molecule has 0 spiro atoms. The fourth-order valence-electron chi connectivity index (χ4n) is 3.78.